The van der Waals surface area contributed by atoms with E-state index in [1.54, 1.807) is 6.07 Å². The summed E-state index contributed by atoms with van der Waals surface area (Å²) in [5.74, 6) is -0.843. The van der Waals surface area contributed by atoms with Crippen molar-refractivity contribution in [3.8, 4) is 5.75 Å². The molecule has 206 valence electrons. The van der Waals surface area contributed by atoms with Crippen LogP contribution in [0.3, 0.4) is 0 Å². The summed E-state index contributed by atoms with van der Waals surface area (Å²) in [6.07, 6.45) is 2.75. The summed E-state index contributed by atoms with van der Waals surface area (Å²) in [7, 11) is 0. The Labute approximate surface area is 225 Å². The minimum atomic E-state index is -1.13. The van der Waals surface area contributed by atoms with Crippen LogP contribution in [0.15, 0.2) is 18.2 Å². The number of fused-ring (bicyclic) bond motifs is 3. The fraction of sp³-hybridized carbons (Fsp3) is 0.692. The summed E-state index contributed by atoms with van der Waals surface area (Å²) in [5.41, 5.74) is -0.919. The first-order valence-electron chi connectivity index (χ1n) is 12.8. The van der Waals surface area contributed by atoms with E-state index in [1.165, 1.54) is 19.1 Å². The van der Waals surface area contributed by atoms with E-state index in [2.05, 4.69) is 10.6 Å². The molecule has 0 spiro atoms. The van der Waals surface area contributed by atoms with Gasteiger partial charge in [-0.25, -0.2) is 8.78 Å². The number of benzene rings is 1. The third-order valence-corrected chi connectivity index (χ3v) is 8.64. The highest BCUT2D eigenvalue weighted by Gasteiger charge is 2.56. The first kappa shape index (κ1) is 28.3. The smallest absolute Gasteiger partial charge is 0.302 e. The first-order valence-corrected chi connectivity index (χ1v) is 13.6. The highest BCUT2D eigenvalue weighted by Crippen LogP contribution is 2.48. The van der Waals surface area contributed by atoms with Gasteiger partial charge in [0, 0.05) is 37.9 Å². The Morgan fingerprint density at radius 3 is 2.62 bits per heavy atom. The average molecular weight is 563 g/mol. The van der Waals surface area contributed by atoms with E-state index in [9.17, 15) is 18.4 Å². The third kappa shape index (κ3) is 7.05. The lowest BCUT2D eigenvalue weighted by Gasteiger charge is -2.57. The lowest BCUT2D eigenvalue weighted by atomic mass is 9.59. The molecule has 0 heterocycles. The van der Waals surface area contributed by atoms with Crippen LogP contribution < -0.4 is 15.4 Å². The van der Waals surface area contributed by atoms with Crippen LogP contribution in [0.25, 0.3) is 0 Å². The summed E-state index contributed by atoms with van der Waals surface area (Å²) < 4.78 is 44.5. The molecule has 0 radical (unpaired) electrons. The quantitative estimate of drug-likeness (QED) is 0.249. The molecule has 1 amide bonds. The zero-order valence-electron chi connectivity index (χ0n) is 20.9. The third-order valence-electron chi connectivity index (χ3n) is 7.85. The van der Waals surface area contributed by atoms with Crippen LogP contribution in [-0.4, -0.2) is 66.5 Å². The molecule has 0 aromatic heterocycles. The van der Waals surface area contributed by atoms with Crippen LogP contribution in [-0.2, 0) is 19.1 Å². The second kappa shape index (κ2) is 12.0. The molecule has 1 aromatic rings. The first-order chi connectivity index (χ1) is 17.6. The van der Waals surface area contributed by atoms with Gasteiger partial charge in [0.1, 0.15) is 37.1 Å². The summed E-state index contributed by atoms with van der Waals surface area (Å²) in [5, 5.41) is 6.18. The molecule has 7 nitrogen and oxygen atoms in total. The summed E-state index contributed by atoms with van der Waals surface area (Å²) in [6.45, 7) is 2.03. The molecule has 2 bridgehead atoms. The normalized spacial score (nSPS) is 33.1. The number of hydrogen-bond donors (Lipinski definition) is 2. The summed E-state index contributed by atoms with van der Waals surface area (Å²) in [4.78, 5) is 24.7. The van der Waals surface area contributed by atoms with Crippen LogP contribution in [0.1, 0.15) is 58.3 Å². The Hall–Kier alpha value is -1.68. The van der Waals surface area contributed by atoms with Crippen molar-refractivity contribution < 1.29 is 32.6 Å². The minimum absolute atomic E-state index is 0.0410. The van der Waals surface area contributed by atoms with Gasteiger partial charge in [0.25, 0.3) is 0 Å². The Bertz CT molecular complexity index is 976. The van der Waals surface area contributed by atoms with Gasteiger partial charge >= 0.3 is 5.97 Å². The molecule has 11 heteroatoms. The number of alkyl halides is 2. The molecule has 0 aliphatic heterocycles. The summed E-state index contributed by atoms with van der Waals surface area (Å²) >= 11 is 11.6. The van der Waals surface area contributed by atoms with Crippen LogP contribution in [0.2, 0.25) is 5.02 Å². The van der Waals surface area contributed by atoms with Crippen molar-refractivity contribution in [3.63, 3.8) is 0 Å². The van der Waals surface area contributed by atoms with Gasteiger partial charge in [-0.1, -0.05) is 11.6 Å². The number of amides is 1. The van der Waals surface area contributed by atoms with E-state index in [0.29, 0.717) is 51.0 Å². The lowest BCUT2D eigenvalue weighted by Crippen LogP contribution is -2.70. The molecular weight excluding hydrogens is 529 g/mol. The Kier molecular flexibility index (Phi) is 9.20. The maximum Gasteiger partial charge on any atom is 0.302 e. The second-order valence-electron chi connectivity index (χ2n) is 10.4. The minimum Gasteiger partial charge on any atom is -0.492 e. The molecule has 4 atom stereocenters. The highest BCUT2D eigenvalue weighted by atomic mass is 35.5. The lowest BCUT2D eigenvalue weighted by molar-refractivity contribution is -0.164. The van der Waals surface area contributed by atoms with Crippen LogP contribution in [0, 0.1) is 5.82 Å². The van der Waals surface area contributed by atoms with E-state index in [4.69, 9.17) is 37.4 Å². The van der Waals surface area contributed by atoms with Crippen LogP contribution in [0.4, 0.5) is 8.78 Å². The fourth-order valence-corrected chi connectivity index (χ4v) is 6.16. The number of carbonyl (C=O) groups is 2. The van der Waals surface area contributed by atoms with Crippen molar-refractivity contribution in [2.45, 2.75) is 93.1 Å². The zero-order valence-corrected chi connectivity index (χ0v) is 22.4. The van der Waals surface area contributed by atoms with Gasteiger partial charge in [0.05, 0.1) is 22.0 Å². The maximum atomic E-state index is 13.9. The molecule has 0 saturated heterocycles. The monoisotopic (exact) mass is 562 g/mol. The Morgan fingerprint density at radius 1 is 1.19 bits per heavy atom. The molecule has 4 aliphatic rings. The van der Waals surface area contributed by atoms with Crippen molar-refractivity contribution >= 4 is 35.1 Å². The standard InChI is InChI=1S/C26H34Cl2F2N2O5/c1-16(33)37-23-14-25(31-10-11-35-17-2-4-19(27)21(29)12-17)6-8-26(23,9-7-25)32-24(34)15-36-18-3-5-20(28)22(30)13-18/h2,4,12,18,20,22-23,31H,3,5-11,13-15H2,1H3,(H,32,34)/t18?,20?,22?,23-,25?,26?/m1/s1. The summed E-state index contributed by atoms with van der Waals surface area (Å²) in [6, 6.07) is 4.31. The molecule has 4 aliphatic carbocycles. The molecule has 37 heavy (non-hydrogen) atoms. The number of rotatable bonds is 10. The zero-order chi connectivity index (χ0) is 26.6. The molecule has 4 fully saturated rings. The molecule has 2 N–H and O–H groups in total. The predicted molar refractivity (Wildman–Crippen MR) is 135 cm³/mol. The van der Waals surface area contributed by atoms with E-state index in [0.717, 1.165) is 12.8 Å². The molecule has 5 rings (SSSR count). The van der Waals surface area contributed by atoms with Crippen molar-refractivity contribution in [1.82, 2.24) is 10.6 Å². The Balaban J connectivity index is 1.29. The van der Waals surface area contributed by atoms with Crippen LogP contribution >= 0.6 is 23.2 Å². The second-order valence-corrected chi connectivity index (χ2v) is 11.4. The van der Waals surface area contributed by atoms with E-state index in [-0.39, 0.29) is 35.6 Å². The number of hydrogen-bond acceptors (Lipinski definition) is 6. The average Bonchev–Trinajstić information content (AvgIpc) is 2.85. The number of esters is 1. The largest absolute Gasteiger partial charge is 0.492 e. The molecular formula is C26H34Cl2F2N2O5. The number of nitrogens with one attached hydrogen (secondary N) is 2. The van der Waals surface area contributed by atoms with Crippen molar-refractivity contribution in [2.75, 3.05) is 19.8 Å². The molecule has 3 unspecified atom stereocenters. The van der Waals surface area contributed by atoms with Gasteiger partial charge in [0.15, 0.2) is 0 Å². The van der Waals surface area contributed by atoms with Gasteiger partial charge in [-0.2, -0.15) is 0 Å². The SMILES string of the molecule is CC(=O)O[C@@H]1CC2(NCCOc3ccc(Cl)c(F)c3)CCC1(NC(=O)COC1CCC(Cl)C(F)C1)CC2. The van der Waals surface area contributed by atoms with Gasteiger partial charge in [-0.05, 0) is 50.7 Å². The van der Waals surface area contributed by atoms with E-state index >= 15 is 0 Å². The number of carbonyl (C=O) groups excluding carboxylic acids is 2. The van der Waals surface area contributed by atoms with Crippen molar-refractivity contribution in [1.29, 1.82) is 0 Å². The predicted octanol–water partition coefficient (Wildman–Crippen LogP) is 4.47. The van der Waals surface area contributed by atoms with Gasteiger partial charge in [-0.3, -0.25) is 9.59 Å². The van der Waals surface area contributed by atoms with E-state index < -0.39 is 35.0 Å². The van der Waals surface area contributed by atoms with Crippen molar-refractivity contribution in [2.24, 2.45) is 0 Å². The fourth-order valence-electron chi connectivity index (χ4n) is 5.81. The number of ether oxygens (including phenoxy) is 3. The highest BCUT2D eigenvalue weighted by molar-refractivity contribution is 6.30. The van der Waals surface area contributed by atoms with Crippen LogP contribution in [0.5, 0.6) is 5.75 Å². The number of halogens is 4. The van der Waals surface area contributed by atoms with Crippen molar-refractivity contribution in [3.05, 3.63) is 29.0 Å². The molecule has 1 aromatic carbocycles. The maximum absolute atomic E-state index is 13.9. The van der Waals surface area contributed by atoms with E-state index in [1.807, 2.05) is 0 Å². The molecule has 4 saturated carbocycles. The van der Waals surface area contributed by atoms with Gasteiger partial charge < -0.3 is 24.8 Å². The Morgan fingerprint density at radius 2 is 1.95 bits per heavy atom. The van der Waals surface area contributed by atoms with Gasteiger partial charge in [0.2, 0.25) is 5.91 Å². The van der Waals surface area contributed by atoms with Gasteiger partial charge in [-0.15, -0.1) is 11.6 Å². The topological polar surface area (TPSA) is 85.9 Å².